The molecular formula is C16H15NO3. The van der Waals surface area contributed by atoms with E-state index in [-0.39, 0.29) is 11.0 Å². The van der Waals surface area contributed by atoms with Crippen LogP contribution in [0.3, 0.4) is 0 Å². The van der Waals surface area contributed by atoms with Gasteiger partial charge in [-0.25, -0.2) is 4.40 Å². The molecule has 4 heteroatoms. The molecule has 1 aromatic carbocycles. The number of aromatic nitrogens is 1. The van der Waals surface area contributed by atoms with Crippen molar-refractivity contribution in [2.75, 3.05) is 0 Å². The van der Waals surface area contributed by atoms with Crippen LogP contribution in [0.4, 0.5) is 0 Å². The van der Waals surface area contributed by atoms with Crippen molar-refractivity contribution in [2.45, 2.75) is 26.2 Å². The van der Waals surface area contributed by atoms with Crippen molar-refractivity contribution in [3.63, 3.8) is 0 Å². The topological polar surface area (TPSA) is 51.7 Å². The number of carbonyl (C=O) groups is 1. The van der Waals surface area contributed by atoms with E-state index in [9.17, 15) is 9.59 Å². The van der Waals surface area contributed by atoms with E-state index >= 15 is 0 Å². The molecule has 3 rings (SSSR count). The van der Waals surface area contributed by atoms with Gasteiger partial charge in [0.05, 0.1) is 11.1 Å². The molecule has 0 amide bonds. The van der Waals surface area contributed by atoms with Gasteiger partial charge in [-0.15, -0.1) is 0 Å². The molecule has 20 heavy (non-hydrogen) atoms. The predicted octanol–water partition coefficient (Wildman–Crippen LogP) is 3.16. The van der Waals surface area contributed by atoms with Gasteiger partial charge in [0.1, 0.15) is 0 Å². The number of nitrogens with zero attached hydrogens (tertiary/aromatic N) is 1. The molecule has 0 N–H and O–H groups in total. The molecule has 0 aliphatic heterocycles. The molecule has 0 unspecified atom stereocenters. The highest BCUT2D eigenvalue weighted by Crippen LogP contribution is 2.28. The summed E-state index contributed by atoms with van der Waals surface area (Å²) in [6.07, 6.45) is 0.696. The van der Waals surface area contributed by atoms with Crippen molar-refractivity contribution < 1.29 is 9.21 Å². The lowest BCUT2D eigenvalue weighted by molar-refractivity contribution is 0.112. The molecule has 0 radical (unpaired) electrons. The Morgan fingerprint density at radius 3 is 2.55 bits per heavy atom. The Hall–Kier alpha value is -2.36. The van der Waals surface area contributed by atoms with E-state index in [2.05, 4.69) is 20.8 Å². The number of rotatable bonds is 1. The maximum absolute atomic E-state index is 12.1. The van der Waals surface area contributed by atoms with Crippen LogP contribution in [-0.4, -0.2) is 10.7 Å². The highest BCUT2D eigenvalue weighted by Gasteiger charge is 2.17. The molecule has 0 bridgehead atoms. The molecule has 0 saturated carbocycles. The van der Waals surface area contributed by atoms with Crippen LogP contribution in [-0.2, 0) is 5.41 Å². The summed E-state index contributed by atoms with van der Waals surface area (Å²) in [5, 5.41) is 0. The third kappa shape index (κ3) is 1.76. The van der Waals surface area contributed by atoms with Gasteiger partial charge in [0.2, 0.25) is 5.71 Å². The van der Waals surface area contributed by atoms with Crippen molar-refractivity contribution in [3.8, 4) is 0 Å². The van der Waals surface area contributed by atoms with E-state index in [0.717, 1.165) is 5.56 Å². The zero-order chi connectivity index (χ0) is 14.5. The molecule has 3 aromatic rings. The first-order valence-corrected chi connectivity index (χ1v) is 6.46. The number of fused-ring (bicyclic) bond motifs is 3. The lowest BCUT2D eigenvalue weighted by Crippen LogP contribution is -2.13. The van der Waals surface area contributed by atoms with Crippen molar-refractivity contribution in [1.82, 2.24) is 4.40 Å². The van der Waals surface area contributed by atoms with Crippen LogP contribution in [0.1, 0.15) is 36.7 Å². The largest absolute Gasteiger partial charge is 0.437 e. The summed E-state index contributed by atoms with van der Waals surface area (Å²) in [5.74, 6) is 0. The molecule has 0 fully saturated rings. The maximum atomic E-state index is 12.1. The molecule has 0 aliphatic rings. The normalized spacial score (nSPS) is 12.2. The smallest absolute Gasteiger partial charge is 0.258 e. The second-order valence-corrected chi connectivity index (χ2v) is 5.92. The molecular weight excluding hydrogens is 254 g/mol. The molecule has 0 aliphatic carbocycles. The number of pyridine rings is 1. The molecule has 2 heterocycles. The first-order chi connectivity index (χ1) is 9.41. The van der Waals surface area contributed by atoms with Crippen molar-refractivity contribution in [2.24, 2.45) is 0 Å². The van der Waals surface area contributed by atoms with E-state index in [1.165, 1.54) is 16.5 Å². The van der Waals surface area contributed by atoms with Crippen molar-refractivity contribution >= 4 is 23.1 Å². The Morgan fingerprint density at radius 1 is 1.15 bits per heavy atom. The van der Waals surface area contributed by atoms with Gasteiger partial charge in [0.25, 0.3) is 5.56 Å². The quantitative estimate of drug-likeness (QED) is 0.638. The van der Waals surface area contributed by atoms with Crippen LogP contribution in [0.2, 0.25) is 0 Å². The summed E-state index contributed by atoms with van der Waals surface area (Å²) in [5.41, 5.74) is 2.85. The monoisotopic (exact) mass is 269 g/mol. The SMILES string of the molecule is CC(C)(C)c1ccc2oc3c(C=O)ccc(=O)n3c2c1. The Labute approximate surface area is 115 Å². The van der Waals surface area contributed by atoms with E-state index in [1.807, 2.05) is 18.2 Å². The van der Waals surface area contributed by atoms with Crippen LogP contribution in [0, 0.1) is 0 Å². The van der Waals surface area contributed by atoms with Gasteiger partial charge in [-0.3, -0.25) is 9.59 Å². The number of aldehydes is 1. The van der Waals surface area contributed by atoms with E-state index in [0.29, 0.717) is 28.7 Å². The van der Waals surface area contributed by atoms with Gasteiger partial charge >= 0.3 is 0 Å². The molecule has 0 saturated heterocycles. The maximum Gasteiger partial charge on any atom is 0.258 e. The van der Waals surface area contributed by atoms with Crippen LogP contribution in [0.25, 0.3) is 16.8 Å². The van der Waals surface area contributed by atoms with Gasteiger partial charge in [0, 0.05) is 6.07 Å². The molecule has 102 valence electrons. The Balaban J connectivity index is 2.49. The first-order valence-electron chi connectivity index (χ1n) is 6.46. The molecule has 2 aromatic heterocycles. The average molecular weight is 269 g/mol. The number of carbonyl (C=O) groups excluding carboxylic acids is 1. The number of hydrogen-bond acceptors (Lipinski definition) is 3. The van der Waals surface area contributed by atoms with Crippen LogP contribution in [0.15, 0.2) is 39.5 Å². The fourth-order valence-electron chi connectivity index (χ4n) is 2.31. The van der Waals surface area contributed by atoms with Crippen LogP contribution < -0.4 is 5.56 Å². The third-order valence-corrected chi connectivity index (χ3v) is 3.48. The van der Waals surface area contributed by atoms with Gasteiger partial charge < -0.3 is 4.42 Å². The Bertz CT molecular complexity index is 878. The fourth-order valence-corrected chi connectivity index (χ4v) is 2.31. The van der Waals surface area contributed by atoms with Crippen LogP contribution >= 0.6 is 0 Å². The van der Waals surface area contributed by atoms with Crippen molar-refractivity contribution in [3.05, 3.63) is 51.8 Å². The standard InChI is InChI=1S/C16H15NO3/c1-16(2,3)11-5-6-13-12(8-11)17-14(19)7-4-10(9-18)15(17)20-13/h4-9H,1-3H3. The summed E-state index contributed by atoms with van der Waals surface area (Å²) in [6.45, 7) is 6.32. The Morgan fingerprint density at radius 2 is 1.90 bits per heavy atom. The van der Waals surface area contributed by atoms with Gasteiger partial charge in [0.15, 0.2) is 11.9 Å². The summed E-state index contributed by atoms with van der Waals surface area (Å²) >= 11 is 0. The number of benzene rings is 1. The van der Waals surface area contributed by atoms with Gasteiger partial charge in [-0.2, -0.15) is 0 Å². The molecule has 0 atom stereocenters. The van der Waals surface area contributed by atoms with Crippen LogP contribution in [0.5, 0.6) is 0 Å². The van der Waals surface area contributed by atoms with Crippen molar-refractivity contribution in [1.29, 1.82) is 0 Å². The predicted molar refractivity (Wildman–Crippen MR) is 77.5 cm³/mol. The second kappa shape index (κ2) is 4.07. The minimum Gasteiger partial charge on any atom is -0.437 e. The number of oxazole rings is 1. The summed E-state index contributed by atoms with van der Waals surface area (Å²) in [7, 11) is 0. The van der Waals surface area contributed by atoms with E-state index < -0.39 is 0 Å². The molecule has 0 spiro atoms. The van der Waals surface area contributed by atoms with Gasteiger partial charge in [-0.05, 0) is 29.2 Å². The highest BCUT2D eigenvalue weighted by atomic mass is 16.3. The summed E-state index contributed by atoms with van der Waals surface area (Å²) in [6, 6.07) is 8.64. The minimum atomic E-state index is -0.199. The van der Waals surface area contributed by atoms with E-state index in [1.54, 1.807) is 0 Å². The third-order valence-electron chi connectivity index (χ3n) is 3.48. The Kier molecular flexibility index (Phi) is 2.57. The second-order valence-electron chi connectivity index (χ2n) is 5.92. The average Bonchev–Trinajstić information content (AvgIpc) is 2.77. The van der Waals surface area contributed by atoms with E-state index in [4.69, 9.17) is 4.42 Å². The minimum absolute atomic E-state index is 0.0241. The zero-order valence-electron chi connectivity index (χ0n) is 11.6. The lowest BCUT2D eigenvalue weighted by Gasteiger charge is -2.18. The van der Waals surface area contributed by atoms with Gasteiger partial charge in [-0.1, -0.05) is 26.8 Å². The highest BCUT2D eigenvalue weighted by molar-refractivity contribution is 5.87. The summed E-state index contributed by atoms with van der Waals surface area (Å²) < 4.78 is 7.11. The molecule has 4 nitrogen and oxygen atoms in total. The fraction of sp³-hybridized carbons (Fsp3) is 0.250. The zero-order valence-corrected chi connectivity index (χ0v) is 11.6. The lowest BCUT2D eigenvalue weighted by atomic mass is 9.87. The first kappa shape index (κ1) is 12.7. The number of hydrogen-bond donors (Lipinski definition) is 0. The summed E-state index contributed by atoms with van der Waals surface area (Å²) in [4.78, 5) is 23.1.